The lowest BCUT2D eigenvalue weighted by Gasteiger charge is -2.16. The van der Waals surface area contributed by atoms with E-state index in [0.29, 0.717) is 18.0 Å². The first-order valence-corrected chi connectivity index (χ1v) is 19.6. The molecule has 17 heteroatoms. The van der Waals surface area contributed by atoms with E-state index in [9.17, 15) is 30.8 Å². The fourth-order valence-electron chi connectivity index (χ4n) is 4.24. The molecule has 0 spiro atoms. The third kappa shape index (κ3) is 10.5. The number of amides is 1. The average Bonchev–Trinajstić information content (AvgIpc) is 3.32. The van der Waals surface area contributed by atoms with Crippen molar-refractivity contribution in [2.75, 3.05) is 22.4 Å². The molecular weight excluding hydrogens is 661 g/mol. The second-order valence-electron chi connectivity index (χ2n) is 11.7. The van der Waals surface area contributed by atoms with Crippen LogP contribution >= 0.6 is 0 Å². The summed E-state index contributed by atoms with van der Waals surface area (Å²) in [7, 11) is -6.31. The molecule has 0 saturated heterocycles. The fraction of sp³-hybridized carbons (Fsp3) is 0.300. The van der Waals surface area contributed by atoms with Crippen molar-refractivity contribution in [3.63, 3.8) is 0 Å². The minimum absolute atomic E-state index is 0.0562. The largest absolute Gasteiger partial charge is 0.487 e. The van der Waals surface area contributed by atoms with Crippen LogP contribution in [-0.2, 0) is 28.1 Å². The zero-order chi connectivity index (χ0) is 34.4. The molecule has 11 nitrogen and oxygen atoms in total. The van der Waals surface area contributed by atoms with Gasteiger partial charge in [-0.05, 0) is 48.0 Å². The van der Waals surface area contributed by atoms with Crippen molar-refractivity contribution in [2.24, 2.45) is 5.73 Å². The first kappa shape index (κ1) is 35.4. The highest BCUT2D eigenvalue weighted by Gasteiger charge is 2.35. The third-order valence-electron chi connectivity index (χ3n) is 6.50. The Bertz CT molecular complexity index is 1800. The van der Waals surface area contributed by atoms with Crippen molar-refractivity contribution in [3.8, 4) is 17.0 Å². The number of rotatable bonds is 15. The second kappa shape index (κ2) is 14.5. The van der Waals surface area contributed by atoms with Crippen LogP contribution < -0.4 is 20.5 Å². The molecule has 0 fully saturated rings. The molecule has 4 N–H and O–H groups in total. The standard InChI is InChI=1S/C30H34F4N6O5SSi/c1-47(2,3)15-14-44-19-40-29(37-25-6-4-5-13-36-25)26(28(35)41)27(38-40)21-9-12-23(39-46(42,43)18-30(32,33)34)24(16-21)45-17-20-7-10-22(31)11-8-20/h4-13,16,39H,14-15,17-19H2,1-3H3,(H2,35,41)(H,36,37). The van der Waals surface area contributed by atoms with Crippen LogP contribution in [0.2, 0.25) is 25.7 Å². The van der Waals surface area contributed by atoms with E-state index in [-0.39, 0.29) is 47.4 Å². The average molecular weight is 695 g/mol. The van der Waals surface area contributed by atoms with Gasteiger partial charge in [0.05, 0.1) is 5.69 Å². The number of alkyl halides is 3. The number of primary amides is 1. The number of hydrogen-bond acceptors (Lipinski definition) is 8. The number of nitrogens with zero attached hydrogens (tertiary/aromatic N) is 3. The number of hydrogen-bond donors (Lipinski definition) is 3. The van der Waals surface area contributed by atoms with Crippen LogP contribution in [0, 0.1) is 5.82 Å². The van der Waals surface area contributed by atoms with Crippen molar-refractivity contribution < 1.29 is 40.2 Å². The minimum atomic E-state index is -5.00. The number of benzene rings is 2. The van der Waals surface area contributed by atoms with Crippen molar-refractivity contribution in [1.29, 1.82) is 0 Å². The van der Waals surface area contributed by atoms with E-state index in [4.69, 9.17) is 15.2 Å². The van der Waals surface area contributed by atoms with Crippen LogP contribution in [0.3, 0.4) is 0 Å². The third-order valence-corrected chi connectivity index (χ3v) is 9.44. The predicted molar refractivity (Wildman–Crippen MR) is 172 cm³/mol. The van der Waals surface area contributed by atoms with Gasteiger partial charge in [-0.25, -0.2) is 22.5 Å². The first-order chi connectivity index (χ1) is 22.0. The molecule has 4 rings (SSSR count). The molecule has 0 aliphatic heterocycles. The normalized spacial score (nSPS) is 12.1. The summed E-state index contributed by atoms with van der Waals surface area (Å²) >= 11 is 0. The van der Waals surface area contributed by atoms with Gasteiger partial charge in [0.25, 0.3) is 5.91 Å². The summed E-state index contributed by atoms with van der Waals surface area (Å²) in [5.41, 5.74) is 6.24. The van der Waals surface area contributed by atoms with Gasteiger partial charge in [0.2, 0.25) is 10.0 Å². The smallest absolute Gasteiger partial charge is 0.404 e. The number of nitrogens with two attached hydrogens (primary N) is 1. The summed E-state index contributed by atoms with van der Waals surface area (Å²) in [5.74, 6) is -3.13. The lowest BCUT2D eigenvalue weighted by Crippen LogP contribution is -2.28. The molecule has 0 aliphatic rings. The molecule has 2 aromatic carbocycles. The molecule has 0 saturated carbocycles. The fourth-order valence-corrected chi connectivity index (χ4v) is 6.00. The summed E-state index contributed by atoms with van der Waals surface area (Å²) in [5, 5.41) is 7.64. The van der Waals surface area contributed by atoms with Gasteiger partial charge < -0.3 is 20.5 Å². The summed E-state index contributed by atoms with van der Waals surface area (Å²) in [6.45, 7) is 6.77. The monoisotopic (exact) mass is 694 g/mol. The van der Waals surface area contributed by atoms with Crippen LogP contribution in [0.25, 0.3) is 11.3 Å². The van der Waals surface area contributed by atoms with E-state index in [1.165, 1.54) is 47.1 Å². The Kier molecular flexibility index (Phi) is 10.9. The molecule has 0 atom stereocenters. The summed E-state index contributed by atoms with van der Waals surface area (Å²) in [4.78, 5) is 17.1. The van der Waals surface area contributed by atoms with Gasteiger partial charge >= 0.3 is 6.18 Å². The van der Waals surface area contributed by atoms with Gasteiger partial charge in [0, 0.05) is 26.4 Å². The zero-order valence-electron chi connectivity index (χ0n) is 25.8. The van der Waals surface area contributed by atoms with E-state index in [2.05, 4.69) is 35.0 Å². The quantitative estimate of drug-likeness (QED) is 0.0765. The number of pyridine rings is 1. The van der Waals surface area contributed by atoms with Crippen molar-refractivity contribution >= 4 is 41.3 Å². The number of ether oxygens (including phenoxy) is 2. The van der Waals surface area contributed by atoms with E-state index < -0.39 is 41.8 Å². The van der Waals surface area contributed by atoms with Crippen LogP contribution in [0.15, 0.2) is 66.9 Å². The number of carbonyl (C=O) groups excluding carboxylic acids is 1. The molecule has 252 valence electrons. The number of aromatic nitrogens is 3. The topological polar surface area (TPSA) is 150 Å². The molecule has 47 heavy (non-hydrogen) atoms. The Hall–Kier alpha value is -4.48. The molecular formula is C30H34F4N6O5SSi. The highest BCUT2D eigenvalue weighted by atomic mass is 32.2. The maximum Gasteiger partial charge on any atom is 0.404 e. The maximum atomic E-state index is 13.4. The van der Waals surface area contributed by atoms with Gasteiger partial charge in [-0.1, -0.05) is 43.9 Å². The van der Waals surface area contributed by atoms with Gasteiger partial charge in [0.1, 0.15) is 47.8 Å². The Morgan fingerprint density at radius 3 is 2.40 bits per heavy atom. The maximum absolute atomic E-state index is 13.4. The lowest BCUT2D eigenvalue weighted by atomic mass is 10.1. The molecule has 0 unspecified atom stereocenters. The van der Waals surface area contributed by atoms with E-state index in [1.54, 1.807) is 24.4 Å². The van der Waals surface area contributed by atoms with Crippen LogP contribution in [0.1, 0.15) is 15.9 Å². The summed E-state index contributed by atoms with van der Waals surface area (Å²) in [6.07, 6.45) is -3.46. The van der Waals surface area contributed by atoms with E-state index >= 15 is 0 Å². The van der Waals surface area contributed by atoms with E-state index in [1.807, 2.05) is 4.72 Å². The first-order valence-electron chi connectivity index (χ1n) is 14.2. The molecule has 0 radical (unpaired) electrons. The van der Waals surface area contributed by atoms with E-state index in [0.717, 1.165) is 6.04 Å². The van der Waals surface area contributed by atoms with Crippen molar-refractivity contribution in [1.82, 2.24) is 14.8 Å². The van der Waals surface area contributed by atoms with Gasteiger partial charge in [-0.3, -0.25) is 9.52 Å². The van der Waals surface area contributed by atoms with Gasteiger partial charge in [0.15, 0.2) is 5.75 Å². The number of halogens is 4. The van der Waals surface area contributed by atoms with Gasteiger partial charge in [-0.15, -0.1) is 0 Å². The van der Waals surface area contributed by atoms with Crippen LogP contribution in [-0.4, -0.2) is 55.7 Å². The molecule has 4 aromatic rings. The minimum Gasteiger partial charge on any atom is -0.487 e. The molecule has 2 aromatic heterocycles. The Labute approximate surface area is 270 Å². The zero-order valence-corrected chi connectivity index (χ0v) is 27.6. The number of sulfonamides is 1. The van der Waals surface area contributed by atoms with Crippen LogP contribution in [0.4, 0.5) is 34.9 Å². The highest BCUT2D eigenvalue weighted by Crippen LogP contribution is 2.36. The lowest BCUT2D eigenvalue weighted by molar-refractivity contribution is -0.106. The molecule has 2 heterocycles. The number of anilines is 3. The van der Waals surface area contributed by atoms with Crippen molar-refractivity contribution in [2.45, 2.75) is 45.2 Å². The Morgan fingerprint density at radius 2 is 1.79 bits per heavy atom. The molecule has 0 bridgehead atoms. The number of nitrogens with one attached hydrogen (secondary N) is 2. The predicted octanol–water partition coefficient (Wildman–Crippen LogP) is 6.12. The summed E-state index contributed by atoms with van der Waals surface area (Å²) in [6, 6.07) is 15.1. The molecule has 0 aliphatic carbocycles. The Morgan fingerprint density at radius 1 is 1.06 bits per heavy atom. The van der Waals surface area contributed by atoms with Gasteiger partial charge in [-0.2, -0.15) is 18.3 Å². The van der Waals surface area contributed by atoms with Crippen LogP contribution in [0.5, 0.6) is 5.75 Å². The SMILES string of the molecule is C[Si](C)(C)CCOCn1nc(-c2ccc(NS(=O)(=O)CC(F)(F)F)c(OCc3ccc(F)cc3)c2)c(C(N)=O)c1Nc1ccccn1. The summed E-state index contributed by atoms with van der Waals surface area (Å²) < 4.78 is 92.1. The van der Waals surface area contributed by atoms with Crippen molar-refractivity contribution in [3.05, 3.63) is 83.8 Å². The number of carbonyl (C=O) groups is 1. The Balaban J connectivity index is 1.78. The molecule has 1 amide bonds. The second-order valence-corrected chi connectivity index (χ2v) is 19.1. The highest BCUT2D eigenvalue weighted by molar-refractivity contribution is 7.92.